The van der Waals surface area contributed by atoms with Gasteiger partial charge < -0.3 is 15.0 Å². The molecule has 4 nitrogen and oxygen atoms in total. The van der Waals surface area contributed by atoms with Gasteiger partial charge in [0.2, 0.25) is 0 Å². The maximum Gasteiger partial charge on any atom is 0.159 e. The Morgan fingerprint density at radius 1 is 1.42 bits per heavy atom. The molecule has 1 aliphatic rings. The molecule has 4 heteroatoms. The van der Waals surface area contributed by atoms with Gasteiger partial charge in [0.05, 0.1) is 12.7 Å². The van der Waals surface area contributed by atoms with Gasteiger partial charge in [-0.1, -0.05) is 0 Å². The first-order chi connectivity index (χ1) is 9.16. The highest BCUT2D eigenvalue weighted by atomic mass is 16.5. The van der Waals surface area contributed by atoms with E-state index in [-0.39, 0.29) is 5.78 Å². The molecule has 1 N–H and O–H groups in total. The Morgan fingerprint density at radius 2 is 2.16 bits per heavy atom. The Hall–Kier alpha value is -1.39. The molecule has 1 aromatic carbocycles. The van der Waals surface area contributed by atoms with E-state index < -0.39 is 0 Å². The first kappa shape index (κ1) is 14.0. The molecular formula is C15H22N2O2. The number of nitrogens with one attached hydrogen (secondary N) is 1. The van der Waals surface area contributed by atoms with Crippen LogP contribution in [0.1, 0.15) is 23.7 Å². The fourth-order valence-corrected chi connectivity index (χ4v) is 2.22. The predicted octanol–water partition coefficient (Wildman–Crippen LogP) is 1.70. The van der Waals surface area contributed by atoms with Gasteiger partial charge in [0.1, 0.15) is 0 Å². The largest absolute Gasteiger partial charge is 0.376 e. The molecule has 1 fully saturated rings. The number of ketones is 1. The van der Waals surface area contributed by atoms with E-state index in [2.05, 4.69) is 17.3 Å². The summed E-state index contributed by atoms with van der Waals surface area (Å²) in [5.41, 5.74) is 1.89. The summed E-state index contributed by atoms with van der Waals surface area (Å²) in [6.07, 6.45) is 1.32. The summed E-state index contributed by atoms with van der Waals surface area (Å²) in [7, 11) is 2.07. The van der Waals surface area contributed by atoms with Crippen LogP contribution < -0.4 is 10.2 Å². The molecular weight excluding hydrogens is 240 g/mol. The first-order valence-corrected chi connectivity index (χ1v) is 6.81. The highest BCUT2D eigenvalue weighted by molar-refractivity contribution is 5.94. The maximum absolute atomic E-state index is 11.2. The molecule has 1 atom stereocenters. The summed E-state index contributed by atoms with van der Waals surface area (Å²) in [5.74, 6) is 0.107. The lowest BCUT2D eigenvalue weighted by Gasteiger charge is -2.26. The Morgan fingerprint density at radius 3 is 2.74 bits per heavy atom. The van der Waals surface area contributed by atoms with Crippen molar-refractivity contribution in [2.24, 2.45) is 0 Å². The van der Waals surface area contributed by atoms with Crippen molar-refractivity contribution >= 4 is 11.5 Å². The predicted molar refractivity (Wildman–Crippen MR) is 76.9 cm³/mol. The third-order valence-electron chi connectivity index (χ3n) is 3.51. The number of carbonyl (C=O) groups excluding carboxylic acids is 1. The van der Waals surface area contributed by atoms with Crippen LogP contribution in [0.25, 0.3) is 0 Å². The second-order valence-electron chi connectivity index (χ2n) is 5.01. The van der Waals surface area contributed by atoms with Gasteiger partial charge in [-0.05, 0) is 37.6 Å². The summed E-state index contributed by atoms with van der Waals surface area (Å²) < 4.78 is 5.68. The van der Waals surface area contributed by atoms with Crippen molar-refractivity contribution < 1.29 is 9.53 Å². The van der Waals surface area contributed by atoms with Crippen LogP contribution in [0.4, 0.5) is 5.69 Å². The number of morpholine rings is 1. The minimum atomic E-state index is 0.107. The van der Waals surface area contributed by atoms with Crippen molar-refractivity contribution in [1.29, 1.82) is 0 Å². The van der Waals surface area contributed by atoms with E-state index in [9.17, 15) is 4.79 Å². The number of anilines is 1. The van der Waals surface area contributed by atoms with Crippen LogP contribution in [0.15, 0.2) is 24.3 Å². The van der Waals surface area contributed by atoms with Gasteiger partial charge in [0, 0.05) is 37.9 Å². The molecule has 0 aromatic heterocycles. The fourth-order valence-electron chi connectivity index (χ4n) is 2.22. The van der Waals surface area contributed by atoms with E-state index in [0.29, 0.717) is 6.10 Å². The van der Waals surface area contributed by atoms with E-state index in [4.69, 9.17) is 4.74 Å². The number of carbonyl (C=O) groups is 1. The van der Waals surface area contributed by atoms with Crippen molar-refractivity contribution in [2.75, 3.05) is 38.2 Å². The summed E-state index contributed by atoms with van der Waals surface area (Å²) in [6.45, 7) is 5.25. The van der Waals surface area contributed by atoms with Gasteiger partial charge in [-0.25, -0.2) is 0 Å². The molecule has 1 unspecified atom stereocenters. The van der Waals surface area contributed by atoms with Crippen LogP contribution in [0, 0.1) is 0 Å². The summed E-state index contributed by atoms with van der Waals surface area (Å²) in [4.78, 5) is 13.4. The second-order valence-corrected chi connectivity index (χ2v) is 5.01. The van der Waals surface area contributed by atoms with Crippen molar-refractivity contribution in [1.82, 2.24) is 5.32 Å². The highest BCUT2D eigenvalue weighted by Crippen LogP contribution is 2.15. The number of hydrogen-bond donors (Lipinski definition) is 1. The molecule has 2 rings (SSSR count). The zero-order valence-electron chi connectivity index (χ0n) is 11.7. The molecule has 1 aromatic rings. The van der Waals surface area contributed by atoms with Gasteiger partial charge in [0.25, 0.3) is 0 Å². The minimum absolute atomic E-state index is 0.107. The number of rotatable bonds is 5. The van der Waals surface area contributed by atoms with E-state index in [1.807, 2.05) is 24.3 Å². The van der Waals surface area contributed by atoms with E-state index in [1.54, 1.807) is 6.92 Å². The fraction of sp³-hybridized carbons (Fsp3) is 0.533. The lowest BCUT2D eigenvalue weighted by Crippen LogP contribution is -2.40. The minimum Gasteiger partial charge on any atom is -0.376 e. The maximum atomic E-state index is 11.2. The van der Waals surface area contributed by atoms with Crippen molar-refractivity contribution in [2.45, 2.75) is 19.4 Å². The third-order valence-corrected chi connectivity index (χ3v) is 3.51. The number of nitrogens with zero attached hydrogens (tertiary/aromatic N) is 1. The molecule has 19 heavy (non-hydrogen) atoms. The lowest BCUT2D eigenvalue weighted by molar-refractivity contribution is 0.0250. The second kappa shape index (κ2) is 6.68. The molecule has 0 aliphatic carbocycles. The number of benzene rings is 1. The third kappa shape index (κ3) is 4.04. The number of hydrogen-bond acceptors (Lipinski definition) is 4. The van der Waals surface area contributed by atoms with Gasteiger partial charge >= 0.3 is 0 Å². The molecule has 1 heterocycles. The Labute approximate surface area is 114 Å². The van der Waals surface area contributed by atoms with Gasteiger partial charge in [-0.15, -0.1) is 0 Å². The zero-order valence-corrected chi connectivity index (χ0v) is 11.7. The Bertz CT molecular complexity index is 411. The Kier molecular flexibility index (Phi) is 4.93. The summed E-state index contributed by atoms with van der Waals surface area (Å²) in [5, 5.41) is 3.34. The van der Waals surface area contributed by atoms with Crippen molar-refractivity contribution in [3.8, 4) is 0 Å². The monoisotopic (exact) mass is 262 g/mol. The zero-order chi connectivity index (χ0) is 13.7. The topological polar surface area (TPSA) is 41.6 Å². The van der Waals surface area contributed by atoms with E-state index in [0.717, 1.165) is 43.9 Å². The molecule has 104 valence electrons. The molecule has 0 bridgehead atoms. The number of ether oxygens (including phenoxy) is 1. The molecule has 0 amide bonds. The van der Waals surface area contributed by atoms with Crippen LogP contribution in [-0.4, -0.2) is 45.2 Å². The first-order valence-electron chi connectivity index (χ1n) is 6.81. The van der Waals surface area contributed by atoms with Crippen LogP contribution in [-0.2, 0) is 4.74 Å². The van der Waals surface area contributed by atoms with Crippen molar-refractivity contribution in [3.05, 3.63) is 29.8 Å². The van der Waals surface area contributed by atoms with Gasteiger partial charge in [-0.2, -0.15) is 0 Å². The van der Waals surface area contributed by atoms with Crippen molar-refractivity contribution in [3.63, 3.8) is 0 Å². The van der Waals surface area contributed by atoms with E-state index in [1.165, 1.54) is 0 Å². The molecule has 1 saturated heterocycles. The van der Waals surface area contributed by atoms with Crippen LogP contribution >= 0.6 is 0 Å². The standard InChI is InChI=1S/C15H22N2O2/c1-12(18)13-3-5-14(6-4-13)17(2)9-7-15-11-16-8-10-19-15/h3-6,15-16H,7-11H2,1-2H3. The molecule has 0 saturated carbocycles. The number of Topliss-reactive ketones (excluding diaryl/α,β-unsaturated/α-hetero) is 1. The molecule has 1 aliphatic heterocycles. The van der Waals surface area contributed by atoms with Crippen LogP contribution in [0.3, 0.4) is 0 Å². The van der Waals surface area contributed by atoms with E-state index >= 15 is 0 Å². The van der Waals surface area contributed by atoms with Gasteiger partial charge in [-0.3, -0.25) is 4.79 Å². The average Bonchev–Trinajstić information content (AvgIpc) is 2.46. The average molecular weight is 262 g/mol. The Balaban J connectivity index is 1.84. The SMILES string of the molecule is CC(=O)c1ccc(N(C)CCC2CNCCO2)cc1. The lowest BCUT2D eigenvalue weighted by atomic mass is 10.1. The highest BCUT2D eigenvalue weighted by Gasteiger charge is 2.14. The smallest absolute Gasteiger partial charge is 0.159 e. The van der Waals surface area contributed by atoms with Gasteiger partial charge in [0.15, 0.2) is 5.78 Å². The summed E-state index contributed by atoms with van der Waals surface area (Å²) in [6, 6.07) is 7.76. The summed E-state index contributed by atoms with van der Waals surface area (Å²) >= 11 is 0. The molecule has 0 spiro atoms. The quantitative estimate of drug-likeness (QED) is 0.820. The van der Waals surface area contributed by atoms with Crippen LogP contribution in [0.5, 0.6) is 0 Å². The normalized spacial score (nSPS) is 19.2. The van der Waals surface area contributed by atoms with Crippen LogP contribution in [0.2, 0.25) is 0 Å². The molecule has 0 radical (unpaired) electrons.